The van der Waals surface area contributed by atoms with Gasteiger partial charge in [0.15, 0.2) is 0 Å². The van der Waals surface area contributed by atoms with Crippen LogP contribution in [-0.2, 0) is 42.9 Å². The standard InChI is InChI=1S/C29H31F4N5O7S/c1-34-26(41)35-21-8-11-23-18(14-21)12-13-28(23)25(40)38(27(42)45-28)16-24(39)37(15-17-2-4-19(30)5-3-17)22-9-6-20(7-10-22)36-46(43,44)29(31,32)33/h2-5,8,11,14,20,22,36H,6-7,9-10,12-13,15-16H2,1H3,(H2,34,35,41)/t20-,22-,28-/m1/s1. The van der Waals surface area contributed by atoms with Gasteiger partial charge in [0.2, 0.25) is 11.5 Å². The Morgan fingerprint density at radius 1 is 1.07 bits per heavy atom. The van der Waals surface area contributed by atoms with E-state index in [9.17, 15) is 45.2 Å². The Hall–Kier alpha value is -4.25. The Balaban J connectivity index is 1.32. The molecule has 2 aliphatic carbocycles. The lowest BCUT2D eigenvalue weighted by Crippen LogP contribution is -2.50. The lowest BCUT2D eigenvalue weighted by molar-refractivity contribution is -0.143. The Morgan fingerprint density at radius 2 is 1.74 bits per heavy atom. The molecule has 1 spiro atoms. The molecule has 2 fully saturated rings. The molecule has 46 heavy (non-hydrogen) atoms. The molecular weight excluding hydrogens is 638 g/mol. The first-order valence-corrected chi connectivity index (χ1v) is 15.9. The summed E-state index contributed by atoms with van der Waals surface area (Å²) in [5.41, 5.74) is -5.00. The predicted octanol–water partition coefficient (Wildman–Crippen LogP) is 3.48. The summed E-state index contributed by atoms with van der Waals surface area (Å²) in [7, 11) is -4.10. The number of benzene rings is 2. The van der Waals surface area contributed by atoms with Crippen molar-refractivity contribution >= 4 is 39.6 Å². The number of ether oxygens (including phenoxy) is 1. The predicted molar refractivity (Wildman–Crippen MR) is 154 cm³/mol. The minimum absolute atomic E-state index is 0.00544. The minimum atomic E-state index is -5.56. The molecule has 17 heteroatoms. The van der Waals surface area contributed by atoms with Gasteiger partial charge in [0, 0.05) is 43.3 Å². The highest BCUT2D eigenvalue weighted by Crippen LogP contribution is 2.46. The summed E-state index contributed by atoms with van der Waals surface area (Å²) in [5, 5.41) is 5.07. The molecule has 1 saturated carbocycles. The molecule has 5 rings (SSSR count). The topological polar surface area (TPSA) is 154 Å². The Labute approximate surface area is 261 Å². The van der Waals surface area contributed by atoms with Gasteiger partial charge in [-0.25, -0.2) is 32.0 Å². The van der Waals surface area contributed by atoms with Crippen molar-refractivity contribution in [3.8, 4) is 0 Å². The molecule has 3 N–H and O–H groups in total. The molecule has 0 bridgehead atoms. The van der Waals surface area contributed by atoms with Crippen LogP contribution in [0.4, 0.5) is 32.8 Å². The molecule has 2 aromatic carbocycles. The average molecular weight is 670 g/mol. The normalized spacial score (nSPS) is 22.8. The number of hydrogen-bond acceptors (Lipinski definition) is 7. The summed E-state index contributed by atoms with van der Waals surface area (Å²) in [6.07, 6.45) is -0.301. The van der Waals surface area contributed by atoms with Crippen molar-refractivity contribution in [1.29, 1.82) is 0 Å². The monoisotopic (exact) mass is 669 g/mol. The minimum Gasteiger partial charge on any atom is -0.427 e. The van der Waals surface area contributed by atoms with Crippen LogP contribution >= 0.6 is 0 Å². The number of fused-ring (bicyclic) bond motifs is 2. The first-order valence-electron chi connectivity index (χ1n) is 14.4. The number of halogens is 4. The second-order valence-corrected chi connectivity index (χ2v) is 13.1. The fourth-order valence-corrected chi connectivity index (χ4v) is 6.96. The number of hydrogen-bond donors (Lipinski definition) is 3. The highest BCUT2D eigenvalue weighted by molar-refractivity contribution is 7.90. The van der Waals surface area contributed by atoms with Gasteiger partial charge in [-0.05, 0) is 67.5 Å². The largest absolute Gasteiger partial charge is 0.511 e. The number of carbonyl (C=O) groups is 4. The van der Waals surface area contributed by atoms with Gasteiger partial charge in [-0.1, -0.05) is 18.2 Å². The Kier molecular flexibility index (Phi) is 9.01. The third-order valence-corrected chi connectivity index (χ3v) is 9.74. The molecule has 3 aliphatic rings. The van der Waals surface area contributed by atoms with Gasteiger partial charge in [-0.15, -0.1) is 0 Å². The molecule has 12 nitrogen and oxygen atoms in total. The van der Waals surface area contributed by atoms with Crippen molar-refractivity contribution in [1.82, 2.24) is 19.8 Å². The van der Waals surface area contributed by atoms with Gasteiger partial charge in [0.05, 0.1) is 0 Å². The van der Waals surface area contributed by atoms with Crippen molar-refractivity contribution in [3.05, 3.63) is 65.0 Å². The van der Waals surface area contributed by atoms with Crippen molar-refractivity contribution < 1.29 is 49.9 Å². The van der Waals surface area contributed by atoms with E-state index in [0.29, 0.717) is 28.8 Å². The Bertz CT molecular complexity index is 1650. The molecule has 1 heterocycles. The fraction of sp³-hybridized carbons (Fsp3) is 0.448. The second kappa shape index (κ2) is 12.5. The average Bonchev–Trinajstić information content (AvgIpc) is 3.48. The maximum absolute atomic E-state index is 13.8. The van der Waals surface area contributed by atoms with Gasteiger partial charge in [-0.3, -0.25) is 9.59 Å². The summed E-state index contributed by atoms with van der Waals surface area (Å²) in [6.45, 7) is -0.748. The number of nitrogens with zero attached hydrogens (tertiary/aromatic N) is 2. The number of rotatable bonds is 8. The number of nitrogens with one attached hydrogen (secondary N) is 3. The van der Waals surface area contributed by atoms with Crippen LogP contribution in [0.1, 0.15) is 48.8 Å². The molecule has 0 radical (unpaired) electrons. The highest BCUT2D eigenvalue weighted by Gasteiger charge is 2.58. The number of anilines is 1. The number of urea groups is 1. The van der Waals surface area contributed by atoms with Crippen LogP contribution in [0.2, 0.25) is 0 Å². The van der Waals surface area contributed by atoms with Gasteiger partial charge in [0.25, 0.3) is 5.91 Å². The van der Waals surface area contributed by atoms with Crippen molar-refractivity contribution in [3.63, 3.8) is 0 Å². The lowest BCUT2D eigenvalue weighted by Gasteiger charge is -2.37. The fourth-order valence-electron chi connectivity index (χ4n) is 6.15. The number of amides is 5. The molecule has 2 aromatic rings. The molecule has 248 valence electrons. The van der Waals surface area contributed by atoms with Gasteiger partial charge in [-0.2, -0.15) is 13.2 Å². The zero-order valence-corrected chi connectivity index (χ0v) is 25.3. The second-order valence-electron chi connectivity index (χ2n) is 11.4. The van der Waals surface area contributed by atoms with Crippen molar-refractivity contribution in [2.75, 3.05) is 18.9 Å². The van der Waals surface area contributed by atoms with Crippen LogP contribution < -0.4 is 15.4 Å². The van der Waals surface area contributed by atoms with E-state index in [1.165, 1.54) is 36.2 Å². The first-order chi connectivity index (χ1) is 21.6. The number of aryl methyl sites for hydroxylation is 1. The molecule has 0 aromatic heterocycles. The van der Waals surface area contributed by atoms with Gasteiger partial charge < -0.3 is 20.3 Å². The van der Waals surface area contributed by atoms with Gasteiger partial charge >= 0.3 is 27.7 Å². The van der Waals surface area contributed by atoms with Crippen molar-refractivity contribution in [2.24, 2.45) is 0 Å². The van der Waals surface area contributed by atoms with Crippen LogP contribution in [-0.4, -0.2) is 73.3 Å². The van der Waals surface area contributed by atoms with E-state index in [2.05, 4.69) is 10.6 Å². The third-order valence-electron chi connectivity index (χ3n) is 8.49. The molecule has 1 saturated heterocycles. The van der Waals surface area contributed by atoms with Crippen LogP contribution in [0.25, 0.3) is 0 Å². The summed E-state index contributed by atoms with van der Waals surface area (Å²) in [4.78, 5) is 54.3. The van der Waals surface area contributed by atoms with E-state index in [1.807, 2.05) is 0 Å². The third kappa shape index (κ3) is 6.51. The molecular formula is C29H31F4N5O7S. The summed E-state index contributed by atoms with van der Waals surface area (Å²) < 4.78 is 82.7. The Morgan fingerprint density at radius 3 is 2.37 bits per heavy atom. The van der Waals surface area contributed by atoms with Crippen molar-refractivity contribution in [2.45, 2.75) is 68.3 Å². The van der Waals surface area contributed by atoms with Crippen LogP contribution in [0, 0.1) is 5.82 Å². The summed E-state index contributed by atoms with van der Waals surface area (Å²) in [6, 6.07) is 8.07. The SMILES string of the molecule is CNC(=O)Nc1ccc2c(c1)CC[C@@]21OC(=O)N(CC(=O)N(Cc2ccc(F)cc2)[C@H]2CC[C@H](NS(=O)(=O)C(F)(F)F)CC2)C1=O. The molecule has 1 atom stereocenters. The van der Waals surface area contributed by atoms with Gasteiger partial charge in [0.1, 0.15) is 12.4 Å². The lowest BCUT2D eigenvalue weighted by atomic mass is 9.90. The zero-order valence-electron chi connectivity index (χ0n) is 24.5. The molecule has 1 aliphatic heterocycles. The maximum Gasteiger partial charge on any atom is 0.511 e. The van der Waals surface area contributed by atoms with E-state index in [-0.39, 0.29) is 38.6 Å². The highest BCUT2D eigenvalue weighted by atomic mass is 32.2. The number of carbonyl (C=O) groups excluding carboxylic acids is 4. The van der Waals surface area contributed by atoms with Crippen LogP contribution in [0.5, 0.6) is 0 Å². The van der Waals surface area contributed by atoms with E-state index in [1.54, 1.807) is 22.9 Å². The first kappa shape index (κ1) is 33.1. The summed E-state index contributed by atoms with van der Waals surface area (Å²) >= 11 is 0. The number of imide groups is 1. The van der Waals surface area contributed by atoms with E-state index >= 15 is 0 Å². The van der Waals surface area contributed by atoms with E-state index in [4.69, 9.17) is 4.74 Å². The number of alkyl halides is 3. The smallest absolute Gasteiger partial charge is 0.427 e. The van der Waals surface area contributed by atoms with Crippen LogP contribution in [0.3, 0.4) is 0 Å². The zero-order chi connectivity index (χ0) is 33.4. The maximum atomic E-state index is 13.8. The van der Waals surface area contributed by atoms with Crippen LogP contribution in [0.15, 0.2) is 42.5 Å². The van der Waals surface area contributed by atoms with E-state index < -0.39 is 69.5 Å². The number of sulfonamides is 1. The molecule has 5 amide bonds. The molecule has 0 unspecified atom stereocenters. The summed E-state index contributed by atoms with van der Waals surface area (Å²) in [5.74, 6) is -1.90. The quantitative estimate of drug-likeness (QED) is 0.364. The van der Waals surface area contributed by atoms with E-state index in [0.717, 1.165) is 4.90 Å².